The van der Waals surface area contributed by atoms with Crippen molar-refractivity contribution in [1.29, 1.82) is 0 Å². The van der Waals surface area contributed by atoms with E-state index in [1.807, 2.05) is 20.8 Å². The van der Waals surface area contributed by atoms with E-state index in [2.05, 4.69) is 5.32 Å². The number of carboxylic acid groups (broad SMARTS) is 1. The summed E-state index contributed by atoms with van der Waals surface area (Å²) in [5, 5.41) is 12.6. The molecule has 0 bridgehead atoms. The Morgan fingerprint density at radius 3 is 2.57 bits per heavy atom. The van der Waals surface area contributed by atoms with Crippen LogP contribution in [0.3, 0.4) is 0 Å². The highest BCUT2D eigenvalue weighted by molar-refractivity contribution is 6.32. The third-order valence-electron chi connectivity index (χ3n) is 3.04. The van der Waals surface area contributed by atoms with E-state index in [4.69, 9.17) is 26.2 Å². The Balaban J connectivity index is 2.89. The molecule has 6 heteroatoms. The molecule has 0 saturated heterocycles. The van der Waals surface area contributed by atoms with E-state index in [0.717, 1.165) is 5.56 Å². The average Bonchev–Trinajstić information content (AvgIpc) is 2.40. The minimum absolute atomic E-state index is 0.0115. The number of benzene rings is 1. The van der Waals surface area contributed by atoms with Gasteiger partial charge in [-0.15, -0.1) is 0 Å². The van der Waals surface area contributed by atoms with Gasteiger partial charge in [-0.1, -0.05) is 25.4 Å². The fourth-order valence-corrected chi connectivity index (χ4v) is 2.28. The molecule has 1 aromatic rings. The largest absolute Gasteiger partial charge is 0.493 e. The third-order valence-corrected chi connectivity index (χ3v) is 3.32. The van der Waals surface area contributed by atoms with E-state index >= 15 is 0 Å². The van der Waals surface area contributed by atoms with Crippen molar-refractivity contribution in [3.05, 3.63) is 22.7 Å². The molecule has 0 aliphatic carbocycles. The van der Waals surface area contributed by atoms with E-state index in [0.29, 0.717) is 29.7 Å². The number of nitrogens with one attached hydrogen (secondary N) is 1. The topological polar surface area (TPSA) is 67.8 Å². The molecule has 0 aromatic heterocycles. The highest BCUT2D eigenvalue weighted by atomic mass is 35.5. The maximum Gasteiger partial charge on any atom is 0.320 e. The molecule has 1 atom stereocenters. The number of aliphatic carboxylic acids is 1. The van der Waals surface area contributed by atoms with Gasteiger partial charge in [0.2, 0.25) is 0 Å². The average molecular weight is 316 g/mol. The van der Waals surface area contributed by atoms with Crippen molar-refractivity contribution in [2.75, 3.05) is 13.7 Å². The maximum absolute atomic E-state index is 11.2. The van der Waals surface area contributed by atoms with Gasteiger partial charge in [0.15, 0.2) is 11.5 Å². The Labute approximate surface area is 130 Å². The third kappa shape index (κ3) is 4.79. The molecule has 118 valence electrons. The minimum atomic E-state index is -0.867. The van der Waals surface area contributed by atoms with Gasteiger partial charge in [0, 0.05) is 6.54 Å². The zero-order chi connectivity index (χ0) is 16.0. The van der Waals surface area contributed by atoms with E-state index in [-0.39, 0.29) is 5.92 Å². The van der Waals surface area contributed by atoms with Crippen LogP contribution < -0.4 is 14.8 Å². The Hall–Kier alpha value is -1.46. The predicted octanol–water partition coefficient (Wildman–Crippen LogP) is 2.95. The summed E-state index contributed by atoms with van der Waals surface area (Å²) >= 11 is 6.18. The summed E-state index contributed by atoms with van der Waals surface area (Å²) in [7, 11) is 1.54. The fourth-order valence-electron chi connectivity index (χ4n) is 2.00. The van der Waals surface area contributed by atoms with Gasteiger partial charge < -0.3 is 19.9 Å². The van der Waals surface area contributed by atoms with Gasteiger partial charge in [0.25, 0.3) is 0 Å². The van der Waals surface area contributed by atoms with Crippen LogP contribution in [-0.4, -0.2) is 30.8 Å². The monoisotopic (exact) mass is 315 g/mol. The molecule has 1 rings (SSSR count). The lowest BCUT2D eigenvalue weighted by atomic mass is 10.0. The lowest BCUT2D eigenvalue weighted by molar-refractivity contribution is -0.140. The van der Waals surface area contributed by atoms with Crippen LogP contribution in [0.4, 0.5) is 0 Å². The first-order chi connectivity index (χ1) is 9.90. The van der Waals surface area contributed by atoms with Gasteiger partial charge in [0.1, 0.15) is 6.04 Å². The summed E-state index contributed by atoms with van der Waals surface area (Å²) in [6, 6.07) is 2.94. The van der Waals surface area contributed by atoms with Crippen molar-refractivity contribution in [1.82, 2.24) is 5.32 Å². The molecule has 0 aliphatic rings. The Kier molecular flexibility index (Phi) is 6.78. The first-order valence-electron chi connectivity index (χ1n) is 6.86. The van der Waals surface area contributed by atoms with Gasteiger partial charge in [0.05, 0.1) is 18.7 Å². The number of hydrogen-bond acceptors (Lipinski definition) is 4. The Bertz CT molecular complexity index is 491. The zero-order valence-electron chi connectivity index (χ0n) is 12.8. The van der Waals surface area contributed by atoms with Crippen LogP contribution in [0.1, 0.15) is 26.3 Å². The van der Waals surface area contributed by atoms with Gasteiger partial charge in [-0.25, -0.2) is 0 Å². The molecule has 0 aliphatic heterocycles. The highest BCUT2D eigenvalue weighted by Gasteiger charge is 2.21. The van der Waals surface area contributed by atoms with Crippen molar-refractivity contribution in [3.63, 3.8) is 0 Å². The van der Waals surface area contributed by atoms with Crippen LogP contribution in [-0.2, 0) is 11.3 Å². The summed E-state index contributed by atoms with van der Waals surface area (Å²) in [5.41, 5.74) is 0.840. The lowest BCUT2D eigenvalue weighted by Gasteiger charge is -2.19. The molecule has 0 radical (unpaired) electrons. The van der Waals surface area contributed by atoms with Crippen molar-refractivity contribution in [2.24, 2.45) is 5.92 Å². The fraction of sp³-hybridized carbons (Fsp3) is 0.533. The van der Waals surface area contributed by atoms with Crippen LogP contribution in [0, 0.1) is 5.92 Å². The second-order valence-corrected chi connectivity index (χ2v) is 5.39. The standard InChI is InChI=1S/C15H22ClNO4/c1-5-21-14-11(16)6-10(7-12(14)20-4)8-17-13(9(2)3)15(18)19/h6-7,9,13,17H,5,8H2,1-4H3,(H,18,19). The Morgan fingerprint density at radius 1 is 1.43 bits per heavy atom. The van der Waals surface area contributed by atoms with E-state index in [1.54, 1.807) is 19.2 Å². The van der Waals surface area contributed by atoms with Gasteiger partial charge in [-0.3, -0.25) is 4.79 Å². The quantitative estimate of drug-likeness (QED) is 0.772. The van der Waals surface area contributed by atoms with Crippen molar-refractivity contribution < 1.29 is 19.4 Å². The summed E-state index contributed by atoms with van der Waals surface area (Å²) in [6.45, 7) is 6.46. The number of hydrogen-bond donors (Lipinski definition) is 2. The number of carboxylic acids is 1. The molecule has 0 saturated carbocycles. The SMILES string of the molecule is CCOc1c(Cl)cc(CNC(C(=O)O)C(C)C)cc1OC. The highest BCUT2D eigenvalue weighted by Crippen LogP contribution is 2.36. The first kappa shape index (κ1) is 17.6. The first-order valence-corrected chi connectivity index (χ1v) is 7.23. The molecule has 1 aromatic carbocycles. The van der Waals surface area contributed by atoms with Crippen molar-refractivity contribution in [3.8, 4) is 11.5 Å². The summed E-state index contributed by atoms with van der Waals surface area (Å²) in [5.74, 6) is 0.165. The number of ether oxygens (including phenoxy) is 2. The van der Waals surface area contributed by atoms with Crippen molar-refractivity contribution >= 4 is 17.6 Å². The Morgan fingerprint density at radius 2 is 2.10 bits per heavy atom. The second-order valence-electron chi connectivity index (χ2n) is 4.98. The number of halogens is 1. The molecule has 0 amide bonds. The number of rotatable bonds is 8. The van der Waals surface area contributed by atoms with Gasteiger partial charge in [-0.2, -0.15) is 0 Å². The molecular weight excluding hydrogens is 294 g/mol. The number of methoxy groups -OCH3 is 1. The summed E-state index contributed by atoms with van der Waals surface area (Å²) in [4.78, 5) is 11.2. The van der Waals surface area contributed by atoms with Crippen LogP contribution in [0.5, 0.6) is 11.5 Å². The smallest absolute Gasteiger partial charge is 0.320 e. The van der Waals surface area contributed by atoms with Crippen LogP contribution in [0.25, 0.3) is 0 Å². The van der Waals surface area contributed by atoms with Crippen molar-refractivity contribution in [2.45, 2.75) is 33.4 Å². The maximum atomic E-state index is 11.2. The number of carbonyl (C=O) groups is 1. The molecule has 2 N–H and O–H groups in total. The summed E-state index contributed by atoms with van der Waals surface area (Å²) < 4.78 is 10.7. The molecule has 21 heavy (non-hydrogen) atoms. The van der Waals surface area contributed by atoms with Crippen LogP contribution >= 0.6 is 11.6 Å². The minimum Gasteiger partial charge on any atom is -0.493 e. The predicted molar refractivity (Wildman–Crippen MR) is 82.3 cm³/mol. The molecule has 5 nitrogen and oxygen atoms in total. The molecular formula is C15H22ClNO4. The molecule has 1 unspecified atom stereocenters. The summed E-state index contributed by atoms with van der Waals surface area (Å²) in [6.07, 6.45) is 0. The van der Waals surface area contributed by atoms with E-state index < -0.39 is 12.0 Å². The second kappa shape index (κ2) is 8.10. The lowest BCUT2D eigenvalue weighted by Crippen LogP contribution is -2.40. The molecule has 0 spiro atoms. The molecule has 0 heterocycles. The van der Waals surface area contributed by atoms with Gasteiger partial charge >= 0.3 is 5.97 Å². The normalized spacial score (nSPS) is 12.3. The van der Waals surface area contributed by atoms with E-state index in [9.17, 15) is 4.79 Å². The zero-order valence-corrected chi connectivity index (χ0v) is 13.5. The van der Waals surface area contributed by atoms with Gasteiger partial charge in [-0.05, 0) is 30.5 Å². The molecule has 0 fully saturated rings. The van der Waals surface area contributed by atoms with Crippen LogP contribution in [0.2, 0.25) is 5.02 Å². The van der Waals surface area contributed by atoms with E-state index in [1.165, 1.54) is 0 Å². The van der Waals surface area contributed by atoms with Crippen LogP contribution in [0.15, 0.2) is 12.1 Å².